The van der Waals surface area contributed by atoms with E-state index < -0.39 is 0 Å². The molecule has 0 atom stereocenters. The van der Waals surface area contributed by atoms with Crippen molar-refractivity contribution in [3.63, 3.8) is 0 Å². The number of nitrogens with zero attached hydrogens (tertiary/aromatic N) is 1. The van der Waals surface area contributed by atoms with Crippen molar-refractivity contribution in [2.75, 3.05) is 23.7 Å². The van der Waals surface area contributed by atoms with Gasteiger partial charge < -0.3 is 15.4 Å². The lowest BCUT2D eigenvalue weighted by molar-refractivity contribution is 0.482. The van der Waals surface area contributed by atoms with Gasteiger partial charge in [0.1, 0.15) is 11.5 Å². The summed E-state index contributed by atoms with van der Waals surface area (Å²) < 4.78 is 5.83. The van der Waals surface area contributed by atoms with Gasteiger partial charge in [-0.25, -0.2) is 0 Å². The molecule has 2 aromatic rings. The molecule has 0 aliphatic carbocycles. The molecule has 0 heterocycles. The molecule has 0 aliphatic rings. The molecule has 0 bridgehead atoms. The third-order valence-electron chi connectivity index (χ3n) is 3.06. The number of nitrogens with two attached hydrogens (primary N) is 1. The third kappa shape index (κ3) is 3.41. The molecule has 3 heteroatoms. The SMILES string of the molecule is CCN(CC)c1cccc(Oc2ccc(N)cc2)c1. The van der Waals surface area contributed by atoms with Gasteiger partial charge in [-0.2, -0.15) is 0 Å². The van der Waals surface area contributed by atoms with Crippen molar-refractivity contribution in [2.24, 2.45) is 0 Å². The van der Waals surface area contributed by atoms with Crippen molar-refractivity contribution in [1.29, 1.82) is 0 Å². The van der Waals surface area contributed by atoms with Crippen LogP contribution < -0.4 is 15.4 Å². The van der Waals surface area contributed by atoms with Crippen LogP contribution in [0.15, 0.2) is 48.5 Å². The van der Waals surface area contributed by atoms with Crippen molar-refractivity contribution >= 4 is 11.4 Å². The topological polar surface area (TPSA) is 38.5 Å². The zero-order valence-corrected chi connectivity index (χ0v) is 11.5. The van der Waals surface area contributed by atoms with Gasteiger partial charge in [-0.15, -0.1) is 0 Å². The molecule has 0 aliphatic heterocycles. The Bertz CT molecular complexity index is 519. The summed E-state index contributed by atoms with van der Waals surface area (Å²) in [5.74, 6) is 1.64. The second kappa shape index (κ2) is 6.14. The zero-order valence-electron chi connectivity index (χ0n) is 11.5. The molecule has 2 N–H and O–H groups in total. The van der Waals surface area contributed by atoms with Crippen LogP contribution in [0, 0.1) is 0 Å². The summed E-state index contributed by atoms with van der Waals surface area (Å²) in [5.41, 5.74) is 7.58. The maximum atomic E-state index is 5.83. The van der Waals surface area contributed by atoms with Crippen molar-refractivity contribution < 1.29 is 4.74 Å². The van der Waals surface area contributed by atoms with Crippen LogP contribution >= 0.6 is 0 Å². The first-order valence-corrected chi connectivity index (χ1v) is 6.61. The Kier molecular flexibility index (Phi) is 4.29. The van der Waals surface area contributed by atoms with Crippen LogP contribution in [0.25, 0.3) is 0 Å². The van der Waals surface area contributed by atoms with Crippen molar-refractivity contribution in [1.82, 2.24) is 0 Å². The van der Waals surface area contributed by atoms with Crippen LogP contribution in [0.2, 0.25) is 0 Å². The summed E-state index contributed by atoms with van der Waals surface area (Å²) >= 11 is 0. The van der Waals surface area contributed by atoms with E-state index >= 15 is 0 Å². The monoisotopic (exact) mass is 256 g/mol. The minimum Gasteiger partial charge on any atom is -0.457 e. The van der Waals surface area contributed by atoms with E-state index in [4.69, 9.17) is 10.5 Å². The summed E-state index contributed by atoms with van der Waals surface area (Å²) in [5, 5.41) is 0. The Morgan fingerprint density at radius 2 is 1.63 bits per heavy atom. The van der Waals surface area contributed by atoms with Gasteiger partial charge in [0.15, 0.2) is 0 Å². The van der Waals surface area contributed by atoms with Gasteiger partial charge >= 0.3 is 0 Å². The van der Waals surface area contributed by atoms with Crippen LogP contribution in [0.4, 0.5) is 11.4 Å². The van der Waals surface area contributed by atoms with Gasteiger partial charge in [-0.05, 0) is 50.2 Å². The molecule has 0 radical (unpaired) electrons. The van der Waals surface area contributed by atoms with E-state index in [9.17, 15) is 0 Å². The Balaban J connectivity index is 2.17. The Morgan fingerprint density at radius 1 is 0.947 bits per heavy atom. The van der Waals surface area contributed by atoms with Crippen molar-refractivity contribution in [2.45, 2.75) is 13.8 Å². The highest BCUT2D eigenvalue weighted by molar-refractivity contribution is 5.51. The Morgan fingerprint density at radius 3 is 2.26 bits per heavy atom. The Labute approximate surface area is 114 Å². The van der Waals surface area contributed by atoms with Crippen LogP contribution in [-0.2, 0) is 0 Å². The summed E-state index contributed by atoms with van der Waals surface area (Å²) in [6.45, 7) is 6.28. The van der Waals surface area contributed by atoms with Gasteiger partial charge in [-0.3, -0.25) is 0 Å². The number of hydrogen-bond donors (Lipinski definition) is 1. The molecular formula is C16H20N2O. The highest BCUT2D eigenvalue weighted by Gasteiger charge is 2.04. The van der Waals surface area contributed by atoms with Crippen molar-refractivity contribution in [3.8, 4) is 11.5 Å². The second-order valence-electron chi connectivity index (χ2n) is 4.34. The molecular weight excluding hydrogens is 236 g/mol. The molecule has 0 aromatic heterocycles. The molecule has 0 saturated carbocycles. The number of anilines is 2. The molecule has 2 aromatic carbocycles. The number of ether oxygens (including phenoxy) is 1. The highest BCUT2D eigenvalue weighted by Crippen LogP contribution is 2.26. The predicted octanol–water partition coefficient (Wildman–Crippen LogP) is 3.91. The first kappa shape index (κ1) is 13.3. The number of hydrogen-bond acceptors (Lipinski definition) is 3. The van der Waals surface area contributed by atoms with Gasteiger partial charge in [0, 0.05) is 30.5 Å². The molecule has 19 heavy (non-hydrogen) atoms. The molecule has 0 amide bonds. The lowest BCUT2D eigenvalue weighted by Gasteiger charge is -2.21. The smallest absolute Gasteiger partial charge is 0.129 e. The van der Waals surface area contributed by atoms with Gasteiger partial charge in [0.05, 0.1) is 0 Å². The fraction of sp³-hybridized carbons (Fsp3) is 0.250. The maximum absolute atomic E-state index is 5.83. The molecule has 0 unspecified atom stereocenters. The average molecular weight is 256 g/mol. The second-order valence-corrected chi connectivity index (χ2v) is 4.34. The van der Waals surface area contributed by atoms with Crippen LogP contribution in [0.3, 0.4) is 0 Å². The first-order chi connectivity index (χ1) is 9.22. The molecule has 0 saturated heterocycles. The summed E-state index contributed by atoms with van der Waals surface area (Å²) in [6.07, 6.45) is 0. The van der Waals surface area contributed by atoms with E-state index in [1.807, 2.05) is 36.4 Å². The molecule has 3 nitrogen and oxygen atoms in total. The van der Waals surface area contributed by atoms with E-state index in [1.165, 1.54) is 5.69 Å². The normalized spacial score (nSPS) is 10.2. The molecule has 0 fully saturated rings. The largest absolute Gasteiger partial charge is 0.457 e. The zero-order chi connectivity index (χ0) is 13.7. The number of benzene rings is 2. The minimum absolute atomic E-state index is 0.740. The van der Waals surface area contributed by atoms with E-state index in [0.717, 1.165) is 30.3 Å². The average Bonchev–Trinajstić information content (AvgIpc) is 2.43. The molecule has 0 spiro atoms. The predicted molar refractivity (Wildman–Crippen MR) is 80.9 cm³/mol. The fourth-order valence-corrected chi connectivity index (χ4v) is 2.00. The summed E-state index contributed by atoms with van der Waals surface area (Å²) in [4.78, 5) is 2.29. The number of nitrogen functional groups attached to an aromatic ring is 1. The van der Waals surface area contributed by atoms with Gasteiger partial charge in [0.2, 0.25) is 0 Å². The van der Waals surface area contributed by atoms with Gasteiger partial charge in [0.25, 0.3) is 0 Å². The minimum atomic E-state index is 0.740. The lowest BCUT2D eigenvalue weighted by atomic mass is 10.2. The van der Waals surface area contributed by atoms with Gasteiger partial charge in [-0.1, -0.05) is 6.07 Å². The molecule has 2 rings (SSSR count). The van der Waals surface area contributed by atoms with Crippen LogP contribution in [0.1, 0.15) is 13.8 Å². The van der Waals surface area contributed by atoms with Crippen LogP contribution in [-0.4, -0.2) is 13.1 Å². The van der Waals surface area contributed by atoms with E-state index in [0.29, 0.717) is 0 Å². The van der Waals surface area contributed by atoms with E-state index in [-0.39, 0.29) is 0 Å². The highest BCUT2D eigenvalue weighted by atomic mass is 16.5. The fourth-order valence-electron chi connectivity index (χ4n) is 2.00. The lowest BCUT2D eigenvalue weighted by Crippen LogP contribution is -2.21. The van der Waals surface area contributed by atoms with E-state index in [2.05, 4.69) is 30.9 Å². The maximum Gasteiger partial charge on any atom is 0.129 e. The number of rotatable bonds is 5. The third-order valence-corrected chi connectivity index (χ3v) is 3.06. The standard InChI is InChI=1S/C16H20N2O/c1-3-18(4-2)14-6-5-7-16(12-14)19-15-10-8-13(17)9-11-15/h5-12H,3-4,17H2,1-2H3. The Hall–Kier alpha value is -2.16. The first-order valence-electron chi connectivity index (χ1n) is 6.61. The van der Waals surface area contributed by atoms with Crippen LogP contribution in [0.5, 0.6) is 11.5 Å². The summed E-state index contributed by atoms with van der Waals surface area (Å²) in [6, 6.07) is 15.6. The molecule has 100 valence electrons. The van der Waals surface area contributed by atoms with E-state index in [1.54, 1.807) is 0 Å². The quantitative estimate of drug-likeness (QED) is 0.824. The summed E-state index contributed by atoms with van der Waals surface area (Å²) in [7, 11) is 0. The van der Waals surface area contributed by atoms with Crippen molar-refractivity contribution in [3.05, 3.63) is 48.5 Å².